The zero-order chi connectivity index (χ0) is 22.2. The summed E-state index contributed by atoms with van der Waals surface area (Å²) in [6.45, 7) is 4.27. The van der Waals surface area contributed by atoms with E-state index in [1.807, 2.05) is 29.2 Å². The van der Waals surface area contributed by atoms with Crippen LogP contribution in [0.4, 0.5) is 11.4 Å². The minimum atomic E-state index is -0.800. The number of amides is 1. The van der Waals surface area contributed by atoms with Gasteiger partial charge < -0.3 is 20.3 Å². The van der Waals surface area contributed by atoms with Gasteiger partial charge in [-0.25, -0.2) is 0 Å². The van der Waals surface area contributed by atoms with Gasteiger partial charge in [0.1, 0.15) is 17.0 Å². The Kier molecular flexibility index (Phi) is 7.83. The Morgan fingerprint density at radius 2 is 1.87 bits per heavy atom. The fourth-order valence-corrected chi connectivity index (χ4v) is 4.08. The van der Waals surface area contributed by atoms with Crippen molar-refractivity contribution in [1.29, 1.82) is 0 Å². The second-order valence-electron chi connectivity index (χ2n) is 7.82. The standard InChI is InChI=1S/C23H30N4O4/c1-31-19-11-9-18(10-12-19)17-26(16-6-15-25-13-3-2-4-14-25)21-8-5-7-20(23(24)28)22(21)27(29)30/h5,7-12H,2-4,6,13-17H2,1H3,(H2,24,28). The van der Waals surface area contributed by atoms with Crippen molar-refractivity contribution in [3.05, 3.63) is 63.7 Å². The van der Waals surface area contributed by atoms with Crippen LogP contribution in [0, 0.1) is 10.1 Å². The molecule has 8 nitrogen and oxygen atoms in total. The zero-order valence-corrected chi connectivity index (χ0v) is 18.0. The lowest BCUT2D eigenvalue weighted by atomic mass is 10.1. The van der Waals surface area contributed by atoms with Crippen molar-refractivity contribution in [3.63, 3.8) is 0 Å². The number of primary amides is 1. The van der Waals surface area contributed by atoms with E-state index in [0.29, 0.717) is 18.8 Å². The van der Waals surface area contributed by atoms with Gasteiger partial charge in [0.05, 0.1) is 12.0 Å². The number of piperidine rings is 1. The molecule has 1 amide bonds. The number of nitrogens with zero attached hydrogens (tertiary/aromatic N) is 3. The Morgan fingerprint density at radius 3 is 2.48 bits per heavy atom. The van der Waals surface area contributed by atoms with Crippen LogP contribution in [0.3, 0.4) is 0 Å². The lowest BCUT2D eigenvalue weighted by molar-refractivity contribution is -0.384. The van der Waals surface area contributed by atoms with Crippen LogP contribution in [0.2, 0.25) is 0 Å². The van der Waals surface area contributed by atoms with Crippen molar-refractivity contribution in [2.75, 3.05) is 38.2 Å². The van der Waals surface area contributed by atoms with Crippen LogP contribution >= 0.6 is 0 Å². The average Bonchev–Trinajstić information content (AvgIpc) is 2.79. The molecule has 166 valence electrons. The lowest BCUT2D eigenvalue weighted by Crippen LogP contribution is -2.33. The van der Waals surface area contributed by atoms with E-state index in [1.54, 1.807) is 19.2 Å². The number of hydrogen-bond donors (Lipinski definition) is 1. The number of likely N-dealkylation sites (tertiary alicyclic amines) is 1. The topological polar surface area (TPSA) is 102 Å². The molecule has 1 fully saturated rings. The number of nitrogens with two attached hydrogens (primary N) is 1. The van der Waals surface area contributed by atoms with Crippen molar-refractivity contribution < 1.29 is 14.5 Å². The number of methoxy groups -OCH3 is 1. The molecule has 0 bridgehead atoms. The molecule has 31 heavy (non-hydrogen) atoms. The Bertz CT molecular complexity index is 895. The van der Waals surface area contributed by atoms with Crippen molar-refractivity contribution in [2.45, 2.75) is 32.2 Å². The molecule has 0 aromatic heterocycles. The van der Waals surface area contributed by atoms with Crippen molar-refractivity contribution in [1.82, 2.24) is 4.90 Å². The quantitative estimate of drug-likeness (QED) is 0.460. The highest BCUT2D eigenvalue weighted by molar-refractivity contribution is 5.99. The summed E-state index contributed by atoms with van der Waals surface area (Å²) in [6, 6.07) is 12.4. The van der Waals surface area contributed by atoms with Crippen LogP contribution in [0.25, 0.3) is 0 Å². The number of benzene rings is 2. The minimum absolute atomic E-state index is 0.0711. The van der Waals surface area contributed by atoms with Crippen LogP contribution in [-0.2, 0) is 6.54 Å². The molecule has 8 heteroatoms. The number of hydrogen-bond acceptors (Lipinski definition) is 6. The maximum Gasteiger partial charge on any atom is 0.305 e. The largest absolute Gasteiger partial charge is 0.497 e. The molecule has 0 atom stereocenters. The normalized spacial score (nSPS) is 14.2. The summed E-state index contributed by atoms with van der Waals surface area (Å²) in [4.78, 5) is 27.6. The van der Waals surface area contributed by atoms with Gasteiger partial charge in [-0.2, -0.15) is 0 Å². The number of ether oxygens (including phenoxy) is 1. The number of carbonyl (C=O) groups excluding carboxylic acids is 1. The first kappa shape index (κ1) is 22.6. The van der Waals surface area contributed by atoms with Crippen molar-refractivity contribution >= 4 is 17.3 Å². The number of nitro benzene ring substituents is 1. The molecule has 2 aromatic carbocycles. The van der Waals surface area contributed by atoms with E-state index >= 15 is 0 Å². The number of para-hydroxylation sites is 1. The maximum absolute atomic E-state index is 11.9. The highest BCUT2D eigenvalue weighted by atomic mass is 16.6. The van der Waals surface area contributed by atoms with E-state index in [9.17, 15) is 14.9 Å². The molecule has 2 aromatic rings. The number of nitro groups is 1. The highest BCUT2D eigenvalue weighted by Crippen LogP contribution is 2.33. The number of carbonyl (C=O) groups is 1. The summed E-state index contributed by atoms with van der Waals surface area (Å²) < 4.78 is 5.22. The van der Waals surface area contributed by atoms with Gasteiger partial charge in [0, 0.05) is 13.1 Å². The van der Waals surface area contributed by atoms with Crippen molar-refractivity contribution in [2.24, 2.45) is 5.73 Å². The van der Waals surface area contributed by atoms with Gasteiger partial charge in [0.25, 0.3) is 5.91 Å². The number of anilines is 1. The molecule has 0 unspecified atom stereocenters. The second-order valence-corrected chi connectivity index (χ2v) is 7.82. The van der Waals surface area contributed by atoms with Crippen molar-refractivity contribution in [3.8, 4) is 5.75 Å². The molecule has 1 saturated heterocycles. The summed E-state index contributed by atoms with van der Waals surface area (Å²) in [6.07, 6.45) is 4.60. The molecule has 1 aliphatic heterocycles. The van der Waals surface area contributed by atoms with Crippen LogP contribution in [0.15, 0.2) is 42.5 Å². The predicted octanol–water partition coefficient (Wildman–Crippen LogP) is 3.58. The van der Waals surface area contributed by atoms with Gasteiger partial charge in [-0.15, -0.1) is 0 Å². The summed E-state index contributed by atoms with van der Waals surface area (Å²) in [7, 11) is 1.61. The van der Waals surface area contributed by atoms with Crippen LogP contribution in [-0.4, -0.2) is 49.0 Å². The number of rotatable bonds is 10. The second kappa shape index (κ2) is 10.8. The van der Waals surface area contributed by atoms with E-state index in [4.69, 9.17) is 10.5 Å². The fraction of sp³-hybridized carbons (Fsp3) is 0.435. The molecule has 0 spiro atoms. The first-order valence-electron chi connectivity index (χ1n) is 10.7. The molecule has 1 aliphatic rings. The molecular weight excluding hydrogens is 396 g/mol. The van der Waals surface area contributed by atoms with Crippen LogP contribution in [0.1, 0.15) is 41.6 Å². The Labute approximate surface area is 182 Å². The van der Waals surface area contributed by atoms with Crippen LogP contribution < -0.4 is 15.4 Å². The first-order chi connectivity index (χ1) is 15.0. The Hall–Kier alpha value is -3.13. The summed E-state index contributed by atoms with van der Waals surface area (Å²) >= 11 is 0. The van der Waals surface area contributed by atoms with E-state index in [1.165, 1.54) is 25.3 Å². The van der Waals surface area contributed by atoms with Gasteiger partial charge >= 0.3 is 5.69 Å². The first-order valence-corrected chi connectivity index (χ1v) is 10.7. The molecule has 0 radical (unpaired) electrons. The average molecular weight is 427 g/mol. The fourth-order valence-electron chi connectivity index (χ4n) is 4.08. The van der Waals surface area contributed by atoms with E-state index < -0.39 is 10.8 Å². The third-order valence-corrected chi connectivity index (χ3v) is 5.69. The lowest BCUT2D eigenvalue weighted by Gasteiger charge is -2.29. The Morgan fingerprint density at radius 1 is 1.16 bits per heavy atom. The van der Waals surface area contributed by atoms with Gasteiger partial charge in [-0.05, 0) is 68.7 Å². The SMILES string of the molecule is COc1ccc(CN(CCCN2CCCCC2)c2cccc(C(N)=O)c2[N+](=O)[O-])cc1. The summed E-state index contributed by atoms with van der Waals surface area (Å²) in [5.74, 6) is -0.0478. The zero-order valence-electron chi connectivity index (χ0n) is 18.0. The Balaban J connectivity index is 1.86. The third kappa shape index (κ3) is 5.95. The monoisotopic (exact) mass is 426 g/mol. The van der Waals surface area contributed by atoms with Gasteiger partial charge in [-0.1, -0.05) is 24.6 Å². The smallest absolute Gasteiger partial charge is 0.305 e. The van der Waals surface area contributed by atoms with E-state index in [2.05, 4.69) is 4.90 Å². The minimum Gasteiger partial charge on any atom is -0.497 e. The maximum atomic E-state index is 11.9. The van der Waals surface area contributed by atoms with Gasteiger partial charge in [0.15, 0.2) is 0 Å². The summed E-state index contributed by atoms with van der Waals surface area (Å²) in [5, 5.41) is 11.9. The molecular formula is C23H30N4O4. The molecule has 2 N–H and O–H groups in total. The van der Waals surface area contributed by atoms with Gasteiger partial charge in [-0.3, -0.25) is 14.9 Å². The van der Waals surface area contributed by atoms with E-state index in [-0.39, 0.29) is 11.3 Å². The van der Waals surface area contributed by atoms with E-state index in [0.717, 1.165) is 37.4 Å². The molecule has 3 rings (SSSR count). The highest BCUT2D eigenvalue weighted by Gasteiger charge is 2.26. The molecule has 0 saturated carbocycles. The predicted molar refractivity (Wildman–Crippen MR) is 121 cm³/mol. The molecule has 1 heterocycles. The third-order valence-electron chi connectivity index (χ3n) is 5.69. The molecule has 0 aliphatic carbocycles. The van der Waals surface area contributed by atoms with Gasteiger partial charge in [0.2, 0.25) is 0 Å². The summed E-state index contributed by atoms with van der Waals surface area (Å²) in [5.41, 5.74) is 6.53. The van der Waals surface area contributed by atoms with Crippen LogP contribution in [0.5, 0.6) is 5.75 Å².